The molecule has 23 heavy (non-hydrogen) atoms. The lowest BCUT2D eigenvalue weighted by atomic mass is 10.3. The minimum absolute atomic E-state index is 0.00363. The summed E-state index contributed by atoms with van der Waals surface area (Å²) in [4.78, 5) is 9.73. The highest BCUT2D eigenvalue weighted by atomic mass is 35.5. The minimum atomic E-state index is -4.29. The van der Waals surface area contributed by atoms with Crippen molar-refractivity contribution in [3.63, 3.8) is 0 Å². The van der Waals surface area contributed by atoms with Crippen LogP contribution in [0, 0.1) is 15.9 Å². The van der Waals surface area contributed by atoms with Crippen LogP contribution in [-0.2, 0) is 10.0 Å². The third-order valence-corrected chi connectivity index (χ3v) is 5.51. The van der Waals surface area contributed by atoms with Gasteiger partial charge in [-0.05, 0) is 37.3 Å². The van der Waals surface area contributed by atoms with E-state index in [-0.39, 0.29) is 17.3 Å². The van der Waals surface area contributed by atoms with Gasteiger partial charge in [0, 0.05) is 12.6 Å². The van der Waals surface area contributed by atoms with Gasteiger partial charge in [-0.3, -0.25) is 14.4 Å². The number of halogens is 2. The number of anilines is 1. The molecule has 0 radical (unpaired) electrons. The number of hydrogen-bond acceptors (Lipinski definition) is 4. The summed E-state index contributed by atoms with van der Waals surface area (Å²) in [5, 5.41) is 10.9. The van der Waals surface area contributed by atoms with Crippen LogP contribution >= 0.6 is 11.6 Å². The largest absolute Gasteiger partial charge is 0.291 e. The number of nitrogens with zero attached hydrogens (tertiary/aromatic N) is 2. The first-order chi connectivity index (χ1) is 10.8. The van der Waals surface area contributed by atoms with Crippen molar-refractivity contribution < 1.29 is 17.7 Å². The molecule has 2 aromatic carbocycles. The van der Waals surface area contributed by atoms with Gasteiger partial charge in [0.1, 0.15) is 5.82 Å². The predicted molar refractivity (Wildman–Crippen MR) is 84.7 cm³/mol. The van der Waals surface area contributed by atoms with E-state index in [0.717, 1.165) is 22.5 Å². The lowest BCUT2D eigenvalue weighted by molar-refractivity contribution is -0.387. The van der Waals surface area contributed by atoms with E-state index >= 15 is 0 Å². The molecule has 2 aromatic rings. The smallest absolute Gasteiger partial charge is 0.266 e. The Bertz CT molecular complexity index is 840. The van der Waals surface area contributed by atoms with Gasteiger partial charge < -0.3 is 0 Å². The standard InChI is InChI=1S/C14H12ClFN2O4S/c1-2-17(11-8-6-10(16)7-9-11)23(21,22)14-12(15)4-3-5-13(14)18(19)20/h3-9H,2H2,1H3. The highest BCUT2D eigenvalue weighted by molar-refractivity contribution is 7.93. The van der Waals surface area contributed by atoms with E-state index in [4.69, 9.17) is 11.6 Å². The fourth-order valence-corrected chi connectivity index (χ4v) is 4.25. The molecule has 0 unspecified atom stereocenters. The quantitative estimate of drug-likeness (QED) is 0.604. The highest BCUT2D eigenvalue weighted by Gasteiger charge is 2.33. The maximum absolute atomic E-state index is 13.0. The third-order valence-electron chi connectivity index (χ3n) is 3.09. The Hall–Kier alpha value is -2.19. The van der Waals surface area contributed by atoms with Crippen LogP contribution in [0.15, 0.2) is 47.4 Å². The number of hydrogen-bond donors (Lipinski definition) is 0. The molecule has 0 saturated carbocycles. The van der Waals surface area contributed by atoms with E-state index in [0.29, 0.717) is 0 Å². The zero-order valence-electron chi connectivity index (χ0n) is 11.9. The van der Waals surface area contributed by atoms with Gasteiger partial charge in [-0.25, -0.2) is 12.8 Å². The number of sulfonamides is 1. The van der Waals surface area contributed by atoms with Crippen LogP contribution in [0.5, 0.6) is 0 Å². The van der Waals surface area contributed by atoms with E-state index in [1.54, 1.807) is 6.92 Å². The van der Waals surface area contributed by atoms with Gasteiger partial charge in [0.15, 0.2) is 4.90 Å². The zero-order valence-corrected chi connectivity index (χ0v) is 13.5. The lowest BCUT2D eigenvalue weighted by Gasteiger charge is -2.23. The van der Waals surface area contributed by atoms with Crippen molar-refractivity contribution in [1.29, 1.82) is 0 Å². The molecule has 0 fully saturated rings. The maximum Gasteiger partial charge on any atom is 0.291 e. The van der Waals surface area contributed by atoms with Gasteiger partial charge in [-0.15, -0.1) is 0 Å². The molecule has 0 bridgehead atoms. The molecule has 122 valence electrons. The molecule has 0 aromatic heterocycles. The molecule has 0 saturated heterocycles. The molecule has 0 aliphatic carbocycles. The summed E-state index contributed by atoms with van der Waals surface area (Å²) in [6.07, 6.45) is 0. The van der Waals surface area contributed by atoms with Gasteiger partial charge in [-0.2, -0.15) is 0 Å². The lowest BCUT2D eigenvalue weighted by Crippen LogP contribution is -2.31. The maximum atomic E-state index is 13.0. The molecule has 0 heterocycles. The van der Waals surface area contributed by atoms with E-state index in [9.17, 15) is 22.9 Å². The van der Waals surface area contributed by atoms with Crippen molar-refractivity contribution >= 4 is 33.0 Å². The Kier molecular flexibility index (Phi) is 4.86. The number of benzene rings is 2. The minimum Gasteiger partial charge on any atom is -0.266 e. The van der Waals surface area contributed by atoms with Gasteiger partial charge >= 0.3 is 0 Å². The van der Waals surface area contributed by atoms with Gasteiger partial charge in [0.25, 0.3) is 15.7 Å². The van der Waals surface area contributed by atoms with Crippen LogP contribution in [0.3, 0.4) is 0 Å². The van der Waals surface area contributed by atoms with Crippen molar-refractivity contribution in [3.8, 4) is 0 Å². The van der Waals surface area contributed by atoms with Gasteiger partial charge in [0.05, 0.1) is 15.6 Å². The van der Waals surface area contributed by atoms with E-state index < -0.39 is 31.3 Å². The molecule has 0 N–H and O–H groups in total. The summed E-state index contributed by atoms with van der Waals surface area (Å²) in [6.45, 7) is 1.56. The molecular weight excluding hydrogens is 347 g/mol. The van der Waals surface area contributed by atoms with E-state index in [1.807, 2.05) is 0 Å². The first-order valence-electron chi connectivity index (χ1n) is 6.50. The SMILES string of the molecule is CCN(c1ccc(F)cc1)S(=O)(=O)c1c(Cl)cccc1[N+](=O)[O-]. The van der Waals surface area contributed by atoms with Crippen molar-refractivity contribution in [3.05, 3.63) is 63.4 Å². The summed E-state index contributed by atoms with van der Waals surface area (Å²) in [5.74, 6) is -0.522. The Morgan fingerprint density at radius 2 is 1.83 bits per heavy atom. The third kappa shape index (κ3) is 3.27. The molecule has 6 nitrogen and oxygen atoms in total. The van der Waals surface area contributed by atoms with Crippen LogP contribution < -0.4 is 4.31 Å². The second kappa shape index (κ2) is 6.51. The van der Waals surface area contributed by atoms with Crippen molar-refractivity contribution in [2.24, 2.45) is 0 Å². The first-order valence-corrected chi connectivity index (χ1v) is 8.32. The molecule has 0 spiro atoms. The van der Waals surface area contributed by atoms with Crippen LogP contribution in [0.1, 0.15) is 6.92 Å². The molecule has 2 rings (SSSR count). The Morgan fingerprint density at radius 3 is 2.35 bits per heavy atom. The van der Waals surface area contributed by atoms with Crippen molar-refractivity contribution in [2.75, 3.05) is 10.8 Å². The molecular formula is C14H12ClFN2O4S. The number of nitro benzene ring substituents is 1. The number of nitro groups is 1. The summed E-state index contributed by atoms with van der Waals surface area (Å²) in [7, 11) is -4.29. The van der Waals surface area contributed by atoms with Crippen LogP contribution in [0.4, 0.5) is 15.8 Å². The molecule has 0 amide bonds. The van der Waals surface area contributed by atoms with Crippen molar-refractivity contribution in [1.82, 2.24) is 0 Å². The monoisotopic (exact) mass is 358 g/mol. The summed E-state index contributed by atoms with van der Waals surface area (Å²) in [5.41, 5.74) is -0.429. The fraction of sp³-hybridized carbons (Fsp3) is 0.143. The zero-order chi connectivity index (χ0) is 17.2. The molecule has 0 aliphatic rings. The summed E-state index contributed by atoms with van der Waals surface area (Å²) in [6, 6.07) is 8.39. The van der Waals surface area contributed by atoms with E-state index in [2.05, 4.69) is 0 Å². The Balaban J connectivity index is 2.65. The van der Waals surface area contributed by atoms with Gasteiger partial charge in [0.2, 0.25) is 0 Å². The Labute approximate surface area is 137 Å². The highest BCUT2D eigenvalue weighted by Crippen LogP contribution is 2.35. The second-order valence-electron chi connectivity index (χ2n) is 4.49. The van der Waals surface area contributed by atoms with Crippen molar-refractivity contribution in [2.45, 2.75) is 11.8 Å². The van der Waals surface area contributed by atoms with Crippen LogP contribution in [-0.4, -0.2) is 19.9 Å². The molecule has 9 heteroatoms. The topological polar surface area (TPSA) is 80.5 Å². The van der Waals surface area contributed by atoms with E-state index in [1.165, 1.54) is 24.3 Å². The molecule has 0 atom stereocenters. The van der Waals surface area contributed by atoms with Crippen LogP contribution in [0.25, 0.3) is 0 Å². The average Bonchev–Trinajstić information content (AvgIpc) is 2.49. The second-order valence-corrected chi connectivity index (χ2v) is 6.70. The fourth-order valence-electron chi connectivity index (χ4n) is 2.11. The first kappa shape index (κ1) is 17.2. The van der Waals surface area contributed by atoms with Crippen LogP contribution in [0.2, 0.25) is 5.02 Å². The number of rotatable bonds is 5. The average molecular weight is 359 g/mol. The Morgan fingerprint density at radius 1 is 1.22 bits per heavy atom. The van der Waals surface area contributed by atoms with Gasteiger partial charge in [-0.1, -0.05) is 17.7 Å². The summed E-state index contributed by atoms with van der Waals surface area (Å²) >= 11 is 5.90. The summed E-state index contributed by atoms with van der Waals surface area (Å²) < 4.78 is 39.6. The normalized spacial score (nSPS) is 11.3. The predicted octanol–water partition coefficient (Wildman–Crippen LogP) is 3.60. The molecule has 0 aliphatic heterocycles.